The molecule has 0 aromatic carbocycles. The second-order valence-electron chi connectivity index (χ2n) is 6.31. The van der Waals surface area contributed by atoms with Gasteiger partial charge in [-0.05, 0) is 12.8 Å². The predicted octanol–water partition coefficient (Wildman–Crippen LogP) is 2.41. The van der Waals surface area contributed by atoms with E-state index in [1.807, 2.05) is 0 Å². The van der Waals surface area contributed by atoms with E-state index >= 15 is 0 Å². The summed E-state index contributed by atoms with van der Waals surface area (Å²) < 4.78 is 88.1. The van der Waals surface area contributed by atoms with Crippen molar-refractivity contribution in [3.05, 3.63) is 0 Å². The molecule has 0 aromatic heterocycles. The lowest BCUT2D eigenvalue weighted by Gasteiger charge is -2.31. The lowest BCUT2D eigenvalue weighted by Crippen LogP contribution is -2.58. The average molecular weight is 346 g/mol. The highest BCUT2D eigenvalue weighted by atomic mass is 19.3. The first kappa shape index (κ1) is 16.4. The second kappa shape index (κ2) is 4.54. The molecule has 0 N–H and O–H groups in total. The molecule has 1 aliphatic heterocycles. The topological polar surface area (TPSA) is 52.6 Å². The van der Waals surface area contributed by atoms with Crippen molar-refractivity contribution in [2.24, 2.45) is 17.8 Å². The fraction of sp³-hybridized carbons (Fsp3) is 0.846. The Morgan fingerprint density at radius 1 is 1.17 bits per heavy atom. The highest BCUT2D eigenvalue weighted by molar-refractivity contribution is 5.80. The van der Waals surface area contributed by atoms with E-state index in [9.17, 15) is 35.9 Å². The van der Waals surface area contributed by atoms with Crippen LogP contribution >= 0.6 is 0 Å². The van der Waals surface area contributed by atoms with Crippen LogP contribution in [0, 0.1) is 17.8 Å². The molecule has 0 amide bonds. The van der Waals surface area contributed by atoms with Gasteiger partial charge in [0.2, 0.25) is 0 Å². The van der Waals surface area contributed by atoms with E-state index in [0.717, 1.165) is 0 Å². The third-order valence-corrected chi connectivity index (χ3v) is 4.86. The first-order valence-corrected chi connectivity index (χ1v) is 6.93. The standard InChI is InChI=1S/C13H12F6O4/c1-11(14,15)13(18,19)12(16,17)10(21)23-7-4-2-5-6(3-4)9(20)22-8(5)7/h4-8H,2-3H2,1H3. The maximum Gasteiger partial charge on any atom is 0.410 e. The van der Waals surface area contributed by atoms with Crippen molar-refractivity contribution in [3.63, 3.8) is 0 Å². The molecule has 0 radical (unpaired) electrons. The van der Waals surface area contributed by atoms with Crippen molar-refractivity contribution in [1.29, 1.82) is 0 Å². The van der Waals surface area contributed by atoms with Crippen LogP contribution in [0.3, 0.4) is 0 Å². The van der Waals surface area contributed by atoms with Crippen molar-refractivity contribution in [2.75, 3.05) is 0 Å². The molecule has 5 unspecified atom stereocenters. The fourth-order valence-electron chi connectivity index (χ4n) is 3.67. The molecule has 0 aromatic rings. The maximum absolute atomic E-state index is 13.5. The summed E-state index contributed by atoms with van der Waals surface area (Å²) in [5.74, 6) is -21.2. The molecule has 2 aliphatic carbocycles. The molecule has 2 bridgehead atoms. The largest absolute Gasteiger partial charge is 0.458 e. The number of ether oxygens (including phenoxy) is 2. The Morgan fingerprint density at radius 3 is 2.35 bits per heavy atom. The van der Waals surface area contributed by atoms with Gasteiger partial charge in [0.15, 0.2) is 0 Å². The van der Waals surface area contributed by atoms with E-state index in [1.54, 1.807) is 0 Å². The molecule has 23 heavy (non-hydrogen) atoms. The van der Waals surface area contributed by atoms with Crippen LogP contribution in [0.5, 0.6) is 0 Å². The quantitative estimate of drug-likeness (QED) is 0.580. The zero-order valence-corrected chi connectivity index (χ0v) is 11.7. The molecule has 3 rings (SSSR count). The smallest absolute Gasteiger partial charge is 0.410 e. The van der Waals surface area contributed by atoms with Crippen LogP contribution in [0.25, 0.3) is 0 Å². The van der Waals surface area contributed by atoms with Crippen molar-refractivity contribution >= 4 is 11.9 Å². The van der Waals surface area contributed by atoms with E-state index in [0.29, 0.717) is 6.42 Å². The maximum atomic E-state index is 13.5. The zero-order valence-electron chi connectivity index (χ0n) is 11.7. The molecule has 3 aliphatic rings. The number of carbonyl (C=O) groups is 2. The normalized spacial score (nSPS) is 36.3. The minimum Gasteiger partial charge on any atom is -0.458 e. The lowest BCUT2D eigenvalue weighted by atomic mass is 9.88. The number of rotatable bonds is 4. The van der Waals surface area contributed by atoms with Gasteiger partial charge in [-0.15, -0.1) is 0 Å². The zero-order chi connectivity index (χ0) is 17.4. The summed E-state index contributed by atoms with van der Waals surface area (Å²) in [4.78, 5) is 22.9. The van der Waals surface area contributed by atoms with E-state index in [2.05, 4.69) is 4.74 Å². The minimum atomic E-state index is -5.90. The second-order valence-corrected chi connectivity index (χ2v) is 6.31. The van der Waals surface area contributed by atoms with Crippen LogP contribution in [-0.4, -0.2) is 41.9 Å². The molecule has 5 atom stereocenters. The SMILES string of the molecule is CC(F)(F)C(F)(F)C(F)(F)C(=O)OC1C2CC3C(=O)OC1C3C2. The molecule has 10 heteroatoms. The summed E-state index contributed by atoms with van der Waals surface area (Å²) in [7, 11) is 0. The summed E-state index contributed by atoms with van der Waals surface area (Å²) in [5, 5.41) is 0. The third-order valence-electron chi connectivity index (χ3n) is 4.86. The Bertz CT molecular complexity index is 557. The van der Waals surface area contributed by atoms with Crippen LogP contribution in [0.15, 0.2) is 0 Å². The summed E-state index contributed by atoms with van der Waals surface area (Å²) >= 11 is 0. The summed E-state index contributed by atoms with van der Waals surface area (Å²) in [5.41, 5.74) is 0. The van der Waals surface area contributed by atoms with Gasteiger partial charge in [0, 0.05) is 18.8 Å². The molecule has 1 heterocycles. The number of alkyl halides is 6. The van der Waals surface area contributed by atoms with Crippen LogP contribution in [0.2, 0.25) is 0 Å². The molecule has 3 fully saturated rings. The van der Waals surface area contributed by atoms with Gasteiger partial charge in [0.25, 0.3) is 0 Å². The van der Waals surface area contributed by atoms with E-state index in [-0.39, 0.29) is 12.3 Å². The van der Waals surface area contributed by atoms with Gasteiger partial charge in [-0.1, -0.05) is 0 Å². The fourth-order valence-corrected chi connectivity index (χ4v) is 3.67. The molecule has 2 saturated carbocycles. The summed E-state index contributed by atoms with van der Waals surface area (Å²) in [6, 6.07) is 0. The van der Waals surface area contributed by atoms with Crippen molar-refractivity contribution < 1.29 is 45.4 Å². The van der Waals surface area contributed by atoms with Gasteiger partial charge < -0.3 is 9.47 Å². The lowest BCUT2D eigenvalue weighted by molar-refractivity contribution is -0.301. The van der Waals surface area contributed by atoms with Crippen LogP contribution in [0.1, 0.15) is 19.8 Å². The van der Waals surface area contributed by atoms with E-state index in [1.165, 1.54) is 0 Å². The Balaban J connectivity index is 1.76. The van der Waals surface area contributed by atoms with Crippen LogP contribution in [-0.2, 0) is 19.1 Å². The van der Waals surface area contributed by atoms with Gasteiger partial charge in [-0.2, -0.15) is 26.3 Å². The Labute approximate surface area is 126 Å². The summed E-state index contributed by atoms with van der Waals surface area (Å²) in [6.45, 7) is -0.408. The van der Waals surface area contributed by atoms with Crippen LogP contribution < -0.4 is 0 Å². The number of halogens is 6. The first-order valence-electron chi connectivity index (χ1n) is 6.93. The first-order chi connectivity index (χ1) is 10.4. The molecule has 4 nitrogen and oxygen atoms in total. The minimum absolute atomic E-state index is 0.240. The Kier molecular flexibility index (Phi) is 3.23. The van der Waals surface area contributed by atoms with Crippen molar-refractivity contribution in [1.82, 2.24) is 0 Å². The molecule has 1 saturated heterocycles. The number of hydrogen-bond acceptors (Lipinski definition) is 4. The predicted molar refractivity (Wildman–Crippen MR) is 60.0 cm³/mol. The average Bonchev–Trinajstić information content (AvgIpc) is 3.01. The Hall–Kier alpha value is -1.48. The van der Waals surface area contributed by atoms with Crippen molar-refractivity contribution in [2.45, 2.75) is 49.7 Å². The summed E-state index contributed by atoms with van der Waals surface area (Å²) in [6.07, 6.45) is -1.65. The van der Waals surface area contributed by atoms with Gasteiger partial charge in [0.1, 0.15) is 12.2 Å². The number of carbonyl (C=O) groups excluding carboxylic acids is 2. The molecule has 130 valence electrons. The van der Waals surface area contributed by atoms with Gasteiger partial charge in [0.05, 0.1) is 5.92 Å². The molecular weight excluding hydrogens is 334 g/mol. The molecular formula is C13H12F6O4. The number of hydrogen-bond donors (Lipinski definition) is 0. The van der Waals surface area contributed by atoms with Crippen LogP contribution in [0.4, 0.5) is 26.3 Å². The molecule has 0 spiro atoms. The number of esters is 2. The highest BCUT2D eigenvalue weighted by Crippen LogP contribution is 2.56. The van der Waals surface area contributed by atoms with E-state index in [4.69, 9.17) is 4.74 Å². The third kappa shape index (κ3) is 2.06. The van der Waals surface area contributed by atoms with Gasteiger partial charge in [-0.3, -0.25) is 4.79 Å². The van der Waals surface area contributed by atoms with Gasteiger partial charge >= 0.3 is 29.7 Å². The Morgan fingerprint density at radius 2 is 1.78 bits per heavy atom. The number of fused-ring (bicyclic) bond motifs is 1. The van der Waals surface area contributed by atoms with Crippen molar-refractivity contribution in [3.8, 4) is 0 Å². The monoisotopic (exact) mass is 346 g/mol. The van der Waals surface area contributed by atoms with E-state index < -0.39 is 60.7 Å². The highest BCUT2D eigenvalue weighted by Gasteiger charge is 2.75. The van der Waals surface area contributed by atoms with Gasteiger partial charge in [-0.25, -0.2) is 4.79 Å².